The maximum atomic E-state index is 11.6. The highest BCUT2D eigenvalue weighted by Crippen LogP contribution is 2.38. The Bertz CT molecular complexity index is 597. The molecule has 3 nitrogen and oxygen atoms in total. The predicted molar refractivity (Wildman–Crippen MR) is 81.8 cm³/mol. The number of rotatable bonds is 4. The summed E-state index contributed by atoms with van der Waals surface area (Å²) in [5.41, 5.74) is 2.32. The number of hydrogen-bond donors (Lipinski definition) is 1. The third kappa shape index (κ3) is 2.98. The summed E-state index contributed by atoms with van der Waals surface area (Å²) < 4.78 is 0. The Kier molecular flexibility index (Phi) is 4.02. The van der Waals surface area contributed by atoms with Crippen LogP contribution in [-0.4, -0.2) is 22.5 Å². The van der Waals surface area contributed by atoms with E-state index in [2.05, 4.69) is 17.0 Å². The second kappa shape index (κ2) is 6.10. The lowest BCUT2D eigenvalue weighted by atomic mass is 9.93. The molecule has 3 heteroatoms. The number of aliphatic carboxylic acids is 1. The lowest BCUT2D eigenvalue weighted by Gasteiger charge is -2.27. The van der Waals surface area contributed by atoms with E-state index in [1.807, 2.05) is 48.5 Å². The van der Waals surface area contributed by atoms with Gasteiger partial charge in [0.2, 0.25) is 0 Å². The average Bonchev–Trinajstić information content (AvgIpc) is 2.93. The fourth-order valence-corrected chi connectivity index (χ4v) is 3.20. The molecule has 2 aromatic rings. The molecule has 0 radical (unpaired) electrons. The van der Waals surface area contributed by atoms with Crippen molar-refractivity contribution in [3.63, 3.8) is 0 Å². The van der Waals surface area contributed by atoms with Gasteiger partial charge < -0.3 is 5.11 Å². The van der Waals surface area contributed by atoms with E-state index >= 15 is 0 Å². The molecule has 0 spiro atoms. The van der Waals surface area contributed by atoms with Crippen LogP contribution >= 0.6 is 0 Å². The Morgan fingerprint density at radius 2 is 1.67 bits per heavy atom. The summed E-state index contributed by atoms with van der Waals surface area (Å²) in [7, 11) is 0. The zero-order chi connectivity index (χ0) is 14.7. The molecule has 21 heavy (non-hydrogen) atoms. The first-order valence-corrected chi connectivity index (χ1v) is 7.31. The fourth-order valence-electron chi connectivity index (χ4n) is 3.20. The van der Waals surface area contributed by atoms with Crippen LogP contribution in [0.5, 0.6) is 0 Å². The Hall–Kier alpha value is -2.13. The van der Waals surface area contributed by atoms with Gasteiger partial charge in [-0.05, 0) is 17.5 Å². The number of carboxylic acid groups (broad SMARTS) is 1. The molecule has 108 valence electrons. The van der Waals surface area contributed by atoms with Gasteiger partial charge in [0.05, 0.1) is 5.92 Å². The van der Waals surface area contributed by atoms with Crippen LogP contribution in [0.4, 0.5) is 0 Å². The maximum Gasteiger partial charge on any atom is 0.308 e. The second-order valence-corrected chi connectivity index (χ2v) is 5.55. The van der Waals surface area contributed by atoms with Crippen molar-refractivity contribution in [3.05, 3.63) is 71.8 Å². The van der Waals surface area contributed by atoms with Crippen LogP contribution in [0.25, 0.3) is 0 Å². The average molecular weight is 281 g/mol. The molecular formula is C18H19NO2. The van der Waals surface area contributed by atoms with Crippen molar-refractivity contribution in [1.29, 1.82) is 0 Å². The largest absolute Gasteiger partial charge is 0.481 e. The summed E-state index contributed by atoms with van der Waals surface area (Å²) in [6, 6.07) is 20.2. The van der Waals surface area contributed by atoms with E-state index in [4.69, 9.17) is 0 Å². The van der Waals surface area contributed by atoms with E-state index in [0.717, 1.165) is 18.7 Å². The first-order valence-electron chi connectivity index (χ1n) is 7.31. The molecule has 1 saturated heterocycles. The minimum Gasteiger partial charge on any atom is -0.481 e. The molecule has 2 atom stereocenters. The molecule has 1 aliphatic rings. The van der Waals surface area contributed by atoms with E-state index in [1.54, 1.807) is 0 Å². The highest BCUT2D eigenvalue weighted by Gasteiger charge is 2.39. The van der Waals surface area contributed by atoms with E-state index in [1.165, 1.54) is 5.56 Å². The molecule has 0 amide bonds. The van der Waals surface area contributed by atoms with Crippen LogP contribution < -0.4 is 0 Å². The van der Waals surface area contributed by atoms with Gasteiger partial charge in [0.15, 0.2) is 0 Å². The number of carboxylic acids is 1. The van der Waals surface area contributed by atoms with Gasteiger partial charge in [-0.1, -0.05) is 60.7 Å². The topological polar surface area (TPSA) is 40.5 Å². The van der Waals surface area contributed by atoms with Gasteiger partial charge in [-0.25, -0.2) is 0 Å². The highest BCUT2D eigenvalue weighted by atomic mass is 16.4. The van der Waals surface area contributed by atoms with Crippen molar-refractivity contribution < 1.29 is 9.90 Å². The molecule has 3 rings (SSSR count). The molecule has 1 fully saturated rings. The van der Waals surface area contributed by atoms with Crippen LogP contribution in [0.3, 0.4) is 0 Å². The number of nitrogens with zero attached hydrogens (tertiary/aromatic N) is 1. The predicted octanol–water partition coefficient (Wildman–Crippen LogP) is 3.33. The monoisotopic (exact) mass is 281 g/mol. The SMILES string of the molecule is O=C(O)C1CCN(Cc2ccccc2)C1c1ccccc1. The fraction of sp³-hybridized carbons (Fsp3) is 0.278. The van der Waals surface area contributed by atoms with E-state index < -0.39 is 5.97 Å². The molecule has 0 saturated carbocycles. The highest BCUT2D eigenvalue weighted by molar-refractivity contribution is 5.71. The Labute approximate surface area is 124 Å². The van der Waals surface area contributed by atoms with Gasteiger partial charge >= 0.3 is 5.97 Å². The summed E-state index contributed by atoms with van der Waals surface area (Å²) in [5, 5.41) is 9.50. The zero-order valence-corrected chi connectivity index (χ0v) is 11.9. The zero-order valence-electron chi connectivity index (χ0n) is 11.9. The van der Waals surface area contributed by atoms with Crippen LogP contribution in [0.2, 0.25) is 0 Å². The van der Waals surface area contributed by atoms with Crippen LogP contribution in [0.15, 0.2) is 60.7 Å². The van der Waals surface area contributed by atoms with Crippen molar-refractivity contribution >= 4 is 5.97 Å². The minimum absolute atomic E-state index is 0.0380. The summed E-state index contributed by atoms with van der Waals surface area (Å²) in [4.78, 5) is 13.8. The van der Waals surface area contributed by atoms with Crippen LogP contribution in [-0.2, 0) is 11.3 Å². The lowest BCUT2D eigenvalue weighted by molar-refractivity contribution is -0.142. The quantitative estimate of drug-likeness (QED) is 0.934. The van der Waals surface area contributed by atoms with Crippen molar-refractivity contribution in [2.75, 3.05) is 6.54 Å². The summed E-state index contributed by atoms with van der Waals surface area (Å²) in [5.74, 6) is -1.02. The van der Waals surface area contributed by atoms with Gasteiger partial charge in [-0.2, -0.15) is 0 Å². The van der Waals surface area contributed by atoms with Crippen LogP contribution in [0, 0.1) is 5.92 Å². The molecule has 0 bridgehead atoms. The number of likely N-dealkylation sites (tertiary alicyclic amines) is 1. The molecule has 2 aromatic carbocycles. The van der Waals surface area contributed by atoms with Gasteiger partial charge in [0, 0.05) is 19.1 Å². The van der Waals surface area contributed by atoms with Crippen molar-refractivity contribution in [1.82, 2.24) is 4.90 Å². The van der Waals surface area contributed by atoms with Gasteiger partial charge in [-0.3, -0.25) is 9.69 Å². The van der Waals surface area contributed by atoms with Crippen LogP contribution in [0.1, 0.15) is 23.6 Å². The Balaban J connectivity index is 1.87. The van der Waals surface area contributed by atoms with Crippen molar-refractivity contribution in [2.45, 2.75) is 19.0 Å². The number of benzene rings is 2. The molecule has 0 aliphatic carbocycles. The van der Waals surface area contributed by atoms with Gasteiger partial charge in [-0.15, -0.1) is 0 Å². The third-order valence-electron chi connectivity index (χ3n) is 4.19. The summed E-state index contributed by atoms with van der Waals surface area (Å²) in [6.07, 6.45) is 0.710. The number of carbonyl (C=O) groups is 1. The van der Waals surface area contributed by atoms with Crippen molar-refractivity contribution in [2.24, 2.45) is 5.92 Å². The minimum atomic E-state index is -0.695. The molecular weight excluding hydrogens is 262 g/mol. The summed E-state index contributed by atoms with van der Waals surface area (Å²) in [6.45, 7) is 1.62. The standard InChI is InChI=1S/C18H19NO2/c20-18(21)16-11-12-19(13-14-7-3-1-4-8-14)17(16)15-9-5-2-6-10-15/h1-10,16-17H,11-13H2,(H,20,21). The third-order valence-corrected chi connectivity index (χ3v) is 4.19. The normalized spacial score (nSPS) is 22.3. The van der Waals surface area contributed by atoms with E-state index in [-0.39, 0.29) is 12.0 Å². The molecule has 1 heterocycles. The summed E-state index contributed by atoms with van der Waals surface area (Å²) >= 11 is 0. The van der Waals surface area contributed by atoms with E-state index in [9.17, 15) is 9.90 Å². The van der Waals surface area contributed by atoms with Crippen molar-refractivity contribution in [3.8, 4) is 0 Å². The Morgan fingerprint density at radius 3 is 2.29 bits per heavy atom. The lowest BCUT2D eigenvalue weighted by Crippen LogP contribution is -2.28. The first kappa shape index (κ1) is 13.8. The number of hydrogen-bond acceptors (Lipinski definition) is 2. The second-order valence-electron chi connectivity index (χ2n) is 5.55. The maximum absolute atomic E-state index is 11.6. The van der Waals surface area contributed by atoms with Gasteiger partial charge in [0.25, 0.3) is 0 Å². The first-order chi connectivity index (χ1) is 10.3. The van der Waals surface area contributed by atoms with Gasteiger partial charge in [0.1, 0.15) is 0 Å². The smallest absolute Gasteiger partial charge is 0.308 e. The molecule has 1 N–H and O–H groups in total. The molecule has 2 unspecified atom stereocenters. The molecule has 1 aliphatic heterocycles. The Morgan fingerprint density at radius 1 is 1.05 bits per heavy atom. The van der Waals surface area contributed by atoms with E-state index in [0.29, 0.717) is 6.42 Å². The molecule has 0 aromatic heterocycles.